The number of amides is 4. The summed E-state index contributed by atoms with van der Waals surface area (Å²) in [6.45, 7) is 3.80. The summed E-state index contributed by atoms with van der Waals surface area (Å²) < 4.78 is 0. The van der Waals surface area contributed by atoms with Crippen LogP contribution in [-0.4, -0.2) is 76.5 Å². The molecular formula is C21H38N6O8. The van der Waals surface area contributed by atoms with Gasteiger partial charge in [-0.1, -0.05) is 26.7 Å². The molecule has 0 spiro atoms. The van der Waals surface area contributed by atoms with Gasteiger partial charge in [-0.25, -0.2) is 4.79 Å². The van der Waals surface area contributed by atoms with Gasteiger partial charge in [-0.3, -0.25) is 24.0 Å². The van der Waals surface area contributed by atoms with Crippen molar-refractivity contribution in [2.75, 3.05) is 6.54 Å². The molecule has 5 unspecified atom stereocenters. The van der Waals surface area contributed by atoms with Crippen LogP contribution in [0.15, 0.2) is 0 Å². The lowest BCUT2D eigenvalue weighted by Crippen LogP contribution is -2.59. The molecule has 0 radical (unpaired) electrons. The molecule has 0 aliphatic rings. The number of aliphatic carboxylic acids is 2. The predicted molar refractivity (Wildman–Crippen MR) is 124 cm³/mol. The summed E-state index contributed by atoms with van der Waals surface area (Å²) in [5, 5.41) is 25.3. The van der Waals surface area contributed by atoms with Crippen LogP contribution in [0.1, 0.15) is 58.8 Å². The van der Waals surface area contributed by atoms with Crippen molar-refractivity contribution in [3.63, 3.8) is 0 Å². The van der Waals surface area contributed by atoms with Crippen molar-refractivity contribution in [2.45, 2.75) is 83.0 Å². The van der Waals surface area contributed by atoms with E-state index in [9.17, 15) is 33.9 Å². The summed E-state index contributed by atoms with van der Waals surface area (Å²) in [5.74, 6) is -6.47. The van der Waals surface area contributed by atoms with Crippen LogP contribution in [0.5, 0.6) is 0 Å². The van der Waals surface area contributed by atoms with E-state index in [0.29, 0.717) is 32.2 Å². The van der Waals surface area contributed by atoms with Gasteiger partial charge in [0.05, 0.1) is 12.5 Å². The molecule has 0 aliphatic heterocycles. The van der Waals surface area contributed by atoms with E-state index in [4.69, 9.17) is 22.3 Å². The molecule has 5 atom stereocenters. The van der Waals surface area contributed by atoms with Crippen molar-refractivity contribution in [2.24, 2.45) is 23.1 Å². The van der Waals surface area contributed by atoms with Crippen molar-refractivity contribution in [1.82, 2.24) is 16.0 Å². The van der Waals surface area contributed by atoms with Crippen LogP contribution in [0, 0.1) is 5.92 Å². The first-order valence-corrected chi connectivity index (χ1v) is 11.4. The fourth-order valence-corrected chi connectivity index (χ4v) is 3.07. The second kappa shape index (κ2) is 16.4. The van der Waals surface area contributed by atoms with Crippen LogP contribution < -0.4 is 33.2 Å². The largest absolute Gasteiger partial charge is 0.481 e. The molecule has 0 rings (SSSR count). The molecule has 200 valence electrons. The Bertz CT molecular complexity index is 762. The molecule has 0 aromatic heterocycles. The molecular weight excluding hydrogens is 464 g/mol. The maximum atomic E-state index is 13.0. The lowest BCUT2D eigenvalue weighted by Gasteiger charge is -2.28. The summed E-state index contributed by atoms with van der Waals surface area (Å²) in [6, 6.07) is -5.08. The minimum atomic E-state index is -1.60. The number of rotatable bonds is 18. The number of nitrogens with two attached hydrogens (primary N) is 3. The zero-order chi connectivity index (χ0) is 27.1. The standard InChI is InChI=1S/C21H38N6O8/c1-3-11(2)17(20(33)26-14(21(34)35)10-15(24)28)27-19(32)13(7-8-16(29)30)25-18(31)12(23)6-4-5-9-22/h11-14,17H,3-10,22-23H2,1-2H3,(H2,24,28)(H,25,31)(H,26,33)(H,27,32)(H,29,30)(H,34,35). The Morgan fingerprint density at radius 3 is 1.94 bits per heavy atom. The summed E-state index contributed by atoms with van der Waals surface area (Å²) in [5.41, 5.74) is 16.3. The van der Waals surface area contributed by atoms with Crippen LogP contribution in [0.3, 0.4) is 0 Å². The molecule has 0 aromatic rings. The molecule has 0 saturated heterocycles. The second-order valence-electron chi connectivity index (χ2n) is 8.33. The van der Waals surface area contributed by atoms with Gasteiger partial charge in [-0.2, -0.15) is 0 Å². The van der Waals surface area contributed by atoms with Crippen LogP contribution >= 0.6 is 0 Å². The van der Waals surface area contributed by atoms with Crippen molar-refractivity contribution in [1.29, 1.82) is 0 Å². The molecule has 0 aromatic carbocycles. The second-order valence-corrected chi connectivity index (χ2v) is 8.33. The van der Waals surface area contributed by atoms with Gasteiger partial charge in [0.25, 0.3) is 0 Å². The smallest absolute Gasteiger partial charge is 0.326 e. The minimum Gasteiger partial charge on any atom is -0.481 e. The van der Waals surface area contributed by atoms with Crippen molar-refractivity contribution < 1.29 is 39.0 Å². The quantitative estimate of drug-likeness (QED) is 0.0935. The number of carbonyl (C=O) groups excluding carboxylic acids is 4. The first kappa shape index (κ1) is 31.7. The fourth-order valence-electron chi connectivity index (χ4n) is 3.07. The van der Waals surface area contributed by atoms with E-state index < -0.39 is 78.5 Å². The molecule has 14 heteroatoms. The Morgan fingerprint density at radius 1 is 0.857 bits per heavy atom. The van der Waals surface area contributed by atoms with E-state index in [0.717, 1.165) is 0 Å². The van der Waals surface area contributed by atoms with Gasteiger partial charge in [-0.05, 0) is 31.7 Å². The summed E-state index contributed by atoms with van der Waals surface area (Å²) in [4.78, 5) is 71.7. The normalized spacial score (nSPS) is 15.1. The molecule has 0 fully saturated rings. The number of hydrogen-bond donors (Lipinski definition) is 8. The molecule has 0 heterocycles. The lowest BCUT2D eigenvalue weighted by molar-refractivity contribution is -0.144. The number of primary amides is 1. The van der Waals surface area contributed by atoms with Gasteiger partial charge < -0.3 is 43.4 Å². The number of carbonyl (C=O) groups is 6. The summed E-state index contributed by atoms with van der Waals surface area (Å²) in [6.07, 6.45) is 0.597. The van der Waals surface area contributed by atoms with Crippen molar-refractivity contribution in [3.8, 4) is 0 Å². The number of carboxylic acids is 2. The van der Waals surface area contributed by atoms with Crippen LogP contribution in [0.2, 0.25) is 0 Å². The summed E-state index contributed by atoms with van der Waals surface area (Å²) >= 11 is 0. The number of carboxylic acid groups (broad SMARTS) is 2. The van der Waals surface area contributed by atoms with Crippen LogP contribution in [-0.2, 0) is 28.8 Å². The topological polar surface area (TPSA) is 257 Å². The minimum absolute atomic E-state index is 0.267. The highest BCUT2D eigenvalue weighted by Gasteiger charge is 2.33. The summed E-state index contributed by atoms with van der Waals surface area (Å²) in [7, 11) is 0. The highest BCUT2D eigenvalue weighted by molar-refractivity contribution is 5.95. The van der Waals surface area contributed by atoms with Gasteiger partial charge >= 0.3 is 11.9 Å². The maximum absolute atomic E-state index is 13.0. The Morgan fingerprint density at radius 2 is 1.46 bits per heavy atom. The van der Waals surface area contributed by atoms with Gasteiger partial charge in [-0.15, -0.1) is 0 Å². The van der Waals surface area contributed by atoms with E-state index in [1.165, 1.54) is 0 Å². The molecule has 4 amide bonds. The highest BCUT2D eigenvalue weighted by atomic mass is 16.4. The molecule has 14 nitrogen and oxygen atoms in total. The van der Waals surface area contributed by atoms with Gasteiger partial charge in [0.1, 0.15) is 18.1 Å². The van der Waals surface area contributed by atoms with E-state index in [1.807, 2.05) is 0 Å². The average Bonchev–Trinajstić information content (AvgIpc) is 2.78. The first-order valence-electron chi connectivity index (χ1n) is 11.4. The van der Waals surface area contributed by atoms with Crippen LogP contribution in [0.25, 0.3) is 0 Å². The fraction of sp³-hybridized carbons (Fsp3) is 0.714. The van der Waals surface area contributed by atoms with E-state index in [1.54, 1.807) is 13.8 Å². The molecule has 0 saturated carbocycles. The number of nitrogens with one attached hydrogen (secondary N) is 3. The highest BCUT2D eigenvalue weighted by Crippen LogP contribution is 2.11. The third kappa shape index (κ3) is 12.7. The predicted octanol–water partition coefficient (Wildman–Crippen LogP) is -2.23. The third-order valence-electron chi connectivity index (χ3n) is 5.40. The number of unbranched alkanes of at least 4 members (excludes halogenated alkanes) is 1. The zero-order valence-corrected chi connectivity index (χ0v) is 20.1. The lowest BCUT2D eigenvalue weighted by atomic mass is 9.97. The SMILES string of the molecule is CCC(C)C(NC(=O)C(CCC(=O)O)NC(=O)C(N)CCCCN)C(=O)NC(CC(N)=O)C(=O)O. The monoisotopic (exact) mass is 502 g/mol. The van der Waals surface area contributed by atoms with E-state index in [-0.39, 0.29) is 6.42 Å². The van der Waals surface area contributed by atoms with Crippen LogP contribution in [0.4, 0.5) is 0 Å². The maximum Gasteiger partial charge on any atom is 0.326 e. The van der Waals surface area contributed by atoms with Gasteiger partial charge in [0.2, 0.25) is 23.6 Å². The Balaban J connectivity index is 5.56. The van der Waals surface area contributed by atoms with E-state index >= 15 is 0 Å². The Kier molecular flexibility index (Phi) is 14.9. The third-order valence-corrected chi connectivity index (χ3v) is 5.40. The molecule has 0 aliphatic carbocycles. The van der Waals surface area contributed by atoms with Gasteiger partial charge in [0, 0.05) is 6.42 Å². The average molecular weight is 503 g/mol. The van der Waals surface area contributed by atoms with Crippen molar-refractivity contribution in [3.05, 3.63) is 0 Å². The number of hydrogen-bond acceptors (Lipinski definition) is 8. The first-order chi connectivity index (χ1) is 16.3. The van der Waals surface area contributed by atoms with E-state index in [2.05, 4.69) is 16.0 Å². The molecule has 35 heavy (non-hydrogen) atoms. The van der Waals surface area contributed by atoms with Crippen molar-refractivity contribution >= 4 is 35.6 Å². The Labute approximate surface area is 203 Å². The zero-order valence-electron chi connectivity index (χ0n) is 20.1. The Hall–Kier alpha value is -3.26. The van der Waals surface area contributed by atoms with Gasteiger partial charge in [0.15, 0.2) is 0 Å². The molecule has 11 N–H and O–H groups in total. The molecule has 0 bridgehead atoms.